The Hall–Kier alpha value is -1.80. The summed E-state index contributed by atoms with van der Waals surface area (Å²) < 4.78 is 39.2. The highest BCUT2D eigenvalue weighted by atomic mass is 32.2. The first-order chi connectivity index (χ1) is 13.4. The summed E-state index contributed by atoms with van der Waals surface area (Å²) in [5, 5.41) is 0. The highest BCUT2D eigenvalue weighted by Gasteiger charge is 2.52. The molecular formula is C21H26N2O4S. The van der Waals surface area contributed by atoms with Crippen molar-refractivity contribution in [3.05, 3.63) is 59.4 Å². The summed E-state index contributed by atoms with van der Waals surface area (Å²) >= 11 is 0. The minimum atomic E-state index is -3.47. The number of pyridine rings is 1. The second kappa shape index (κ2) is 7.55. The van der Waals surface area contributed by atoms with Gasteiger partial charge in [0.2, 0.25) is 10.0 Å². The van der Waals surface area contributed by atoms with Crippen LogP contribution in [0.5, 0.6) is 0 Å². The molecule has 0 amide bonds. The highest BCUT2D eigenvalue weighted by Crippen LogP contribution is 2.38. The summed E-state index contributed by atoms with van der Waals surface area (Å²) in [6.45, 7) is 5.72. The van der Waals surface area contributed by atoms with Crippen LogP contribution in [0.1, 0.15) is 29.8 Å². The van der Waals surface area contributed by atoms with Gasteiger partial charge in [0.25, 0.3) is 0 Å². The lowest BCUT2D eigenvalue weighted by Gasteiger charge is -2.52. The summed E-state index contributed by atoms with van der Waals surface area (Å²) in [5.74, 6) is 0. The zero-order valence-electron chi connectivity index (χ0n) is 16.3. The summed E-state index contributed by atoms with van der Waals surface area (Å²) in [7, 11) is -3.47. The predicted octanol–water partition coefficient (Wildman–Crippen LogP) is 2.84. The largest absolute Gasteiger partial charge is 0.372 e. The molecule has 1 spiro atoms. The fourth-order valence-electron chi connectivity index (χ4n) is 3.85. The molecule has 1 unspecified atom stereocenters. The molecule has 7 heteroatoms. The van der Waals surface area contributed by atoms with Crippen LogP contribution in [0.15, 0.2) is 47.4 Å². The molecule has 2 aliphatic heterocycles. The molecule has 0 bridgehead atoms. The van der Waals surface area contributed by atoms with E-state index < -0.39 is 15.6 Å². The summed E-state index contributed by atoms with van der Waals surface area (Å²) in [5.41, 5.74) is 2.50. The van der Waals surface area contributed by atoms with E-state index in [0.717, 1.165) is 23.4 Å². The van der Waals surface area contributed by atoms with E-state index in [0.29, 0.717) is 37.6 Å². The van der Waals surface area contributed by atoms with Crippen LogP contribution in [-0.4, -0.2) is 49.1 Å². The van der Waals surface area contributed by atoms with Gasteiger partial charge in [0, 0.05) is 31.8 Å². The van der Waals surface area contributed by atoms with Gasteiger partial charge in [0.15, 0.2) is 0 Å². The molecule has 2 aromatic rings. The number of rotatable bonds is 5. The molecule has 2 saturated heterocycles. The molecule has 2 aliphatic rings. The van der Waals surface area contributed by atoms with Gasteiger partial charge in [-0.15, -0.1) is 0 Å². The third kappa shape index (κ3) is 3.98. The normalized spacial score (nSPS) is 22.1. The summed E-state index contributed by atoms with van der Waals surface area (Å²) in [6.07, 6.45) is 1.58. The number of hydrogen-bond acceptors (Lipinski definition) is 5. The van der Waals surface area contributed by atoms with Crippen LogP contribution in [0.3, 0.4) is 0 Å². The number of sulfonamides is 1. The molecule has 1 atom stereocenters. The number of nitrogens with zero attached hydrogens (tertiary/aromatic N) is 2. The maximum Gasteiger partial charge on any atom is 0.243 e. The Balaban J connectivity index is 1.36. The maximum atomic E-state index is 12.8. The van der Waals surface area contributed by atoms with E-state index in [4.69, 9.17) is 9.47 Å². The van der Waals surface area contributed by atoms with E-state index in [1.807, 2.05) is 44.2 Å². The number of aryl methyl sites for hydroxylation is 2. The van der Waals surface area contributed by atoms with Crippen LogP contribution in [0.2, 0.25) is 0 Å². The SMILES string of the molecule is Cc1ccc(S(=O)(=O)N2CC3(CC(OCc4cccc(C)n4)CCO3)C2)cc1. The van der Waals surface area contributed by atoms with Crippen LogP contribution in [-0.2, 0) is 26.1 Å². The highest BCUT2D eigenvalue weighted by molar-refractivity contribution is 7.89. The van der Waals surface area contributed by atoms with Crippen molar-refractivity contribution in [2.24, 2.45) is 0 Å². The lowest BCUT2D eigenvalue weighted by Crippen LogP contribution is -2.67. The third-order valence-electron chi connectivity index (χ3n) is 5.45. The molecule has 4 rings (SSSR count). The minimum absolute atomic E-state index is 0.0558. The van der Waals surface area contributed by atoms with Crippen LogP contribution in [0.4, 0.5) is 0 Å². The van der Waals surface area contributed by atoms with Crippen molar-refractivity contribution in [2.45, 2.75) is 49.9 Å². The molecule has 0 aliphatic carbocycles. The van der Waals surface area contributed by atoms with E-state index in [1.165, 1.54) is 4.31 Å². The van der Waals surface area contributed by atoms with E-state index >= 15 is 0 Å². The molecule has 2 fully saturated rings. The summed E-state index contributed by atoms with van der Waals surface area (Å²) in [6, 6.07) is 12.9. The number of hydrogen-bond donors (Lipinski definition) is 0. The molecule has 0 radical (unpaired) electrons. The fraction of sp³-hybridized carbons (Fsp3) is 0.476. The van der Waals surface area contributed by atoms with Gasteiger partial charge < -0.3 is 9.47 Å². The molecule has 1 aromatic carbocycles. The predicted molar refractivity (Wildman–Crippen MR) is 105 cm³/mol. The maximum absolute atomic E-state index is 12.8. The van der Waals surface area contributed by atoms with Gasteiger partial charge in [0.05, 0.1) is 28.9 Å². The van der Waals surface area contributed by atoms with Gasteiger partial charge in [0.1, 0.15) is 0 Å². The lowest BCUT2D eigenvalue weighted by molar-refractivity contribution is -0.180. The van der Waals surface area contributed by atoms with Crippen LogP contribution < -0.4 is 0 Å². The zero-order chi connectivity index (χ0) is 19.8. The molecule has 3 heterocycles. The standard InChI is InChI=1S/C21H26N2O4S/c1-16-6-8-20(9-7-16)28(24,25)23-14-21(15-23)12-19(10-11-27-21)26-13-18-5-3-4-17(2)22-18/h3-9,19H,10-15H2,1-2H3. The van der Waals surface area contributed by atoms with Crippen LogP contribution >= 0.6 is 0 Å². The molecule has 150 valence electrons. The van der Waals surface area contributed by atoms with Crippen molar-refractivity contribution < 1.29 is 17.9 Å². The lowest BCUT2D eigenvalue weighted by atomic mass is 9.86. The molecular weight excluding hydrogens is 376 g/mol. The van der Waals surface area contributed by atoms with Crippen molar-refractivity contribution in [3.63, 3.8) is 0 Å². The fourth-order valence-corrected chi connectivity index (χ4v) is 5.44. The van der Waals surface area contributed by atoms with Crippen molar-refractivity contribution in [1.82, 2.24) is 9.29 Å². The number of ether oxygens (including phenoxy) is 2. The van der Waals surface area contributed by atoms with Gasteiger partial charge in [-0.1, -0.05) is 23.8 Å². The van der Waals surface area contributed by atoms with Crippen molar-refractivity contribution in [2.75, 3.05) is 19.7 Å². The average Bonchev–Trinajstić information content (AvgIpc) is 2.65. The van der Waals surface area contributed by atoms with E-state index in [9.17, 15) is 8.42 Å². The van der Waals surface area contributed by atoms with E-state index in [-0.39, 0.29) is 6.10 Å². The van der Waals surface area contributed by atoms with Gasteiger partial charge in [-0.25, -0.2) is 8.42 Å². The minimum Gasteiger partial charge on any atom is -0.372 e. The first-order valence-electron chi connectivity index (χ1n) is 9.61. The van der Waals surface area contributed by atoms with E-state index in [1.54, 1.807) is 12.1 Å². The second-order valence-corrected chi connectivity index (χ2v) is 9.75. The smallest absolute Gasteiger partial charge is 0.243 e. The third-order valence-corrected chi connectivity index (χ3v) is 7.25. The second-order valence-electron chi connectivity index (χ2n) is 7.81. The Bertz CT molecular complexity index is 937. The Morgan fingerprint density at radius 1 is 1.18 bits per heavy atom. The zero-order valence-corrected chi connectivity index (χ0v) is 17.1. The van der Waals surface area contributed by atoms with Crippen LogP contribution in [0, 0.1) is 13.8 Å². The van der Waals surface area contributed by atoms with Crippen molar-refractivity contribution in [1.29, 1.82) is 0 Å². The first-order valence-corrected chi connectivity index (χ1v) is 11.1. The molecule has 6 nitrogen and oxygen atoms in total. The Labute approximate surface area is 166 Å². The first kappa shape index (κ1) is 19.5. The molecule has 1 aromatic heterocycles. The topological polar surface area (TPSA) is 68.7 Å². The van der Waals surface area contributed by atoms with Crippen LogP contribution in [0.25, 0.3) is 0 Å². The number of aromatic nitrogens is 1. The molecule has 0 N–H and O–H groups in total. The number of benzene rings is 1. The Morgan fingerprint density at radius 2 is 1.93 bits per heavy atom. The van der Waals surface area contributed by atoms with Gasteiger partial charge in [-0.3, -0.25) is 4.98 Å². The summed E-state index contributed by atoms with van der Waals surface area (Å²) in [4.78, 5) is 4.80. The monoisotopic (exact) mass is 402 g/mol. The Kier molecular flexibility index (Phi) is 5.26. The quantitative estimate of drug-likeness (QED) is 0.769. The van der Waals surface area contributed by atoms with Gasteiger partial charge >= 0.3 is 0 Å². The van der Waals surface area contributed by atoms with Gasteiger partial charge in [-0.2, -0.15) is 4.31 Å². The van der Waals surface area contributed by atoms with E-state index in [2.05, 4.69) is 4.98 Å². The molecule has 28 heavy (non-hydrogen) atoms. The van der Waals surface area contributed by atoms with Gasteiger partial charge in [-0.05, 0) is 44.5 Å². The average molecular weight is 403 g/mol. The molecule has 0 saturated carbocycles. The van der Waals surface area contributed by atoms with Crippen molar-refractivity contribution >= 4 is 10.0 Å². The van der Waals surface area contributed by atoms with Crippen molar-refractivity contribution in [3.8, 4) is 0 Å². The Morgan fingerprint density at radius 3 is 2.64 bits per heavy atom.